The van der Waals surface area contributed by atoms with Gasteiger partial charge in [-0.15, -0.1) is 12.4 Å². The summed E-state index contributed by atoms with van der Waals surface area (Å²) in [5.74, 6) is 0.340. The van der Waals surface area contributed by atoms with E-state index >= 15 is 0 Å². The number of likely N-dealkylation sites (N-methyl/N-ethyl adjacent to an activating group) is 1. The standard InChI is InChI=1S/C22H29NO3.ClH/c1-4-23(5-2)15-16-26-22(24)21(19-9-7-6-8-10-19)17-18-11-13-20(25-3)14-12-18;/h6-14,21H,4-5,15-17H2,1-3H3;1H. The molecule has 0 saturated heterocycles. The van der Waals surface area contributed by atoms with E-state index in [0.29, 0.717) is 13.0 Å². The summed E-state index contributed by atoms with van der Waals surface area (Å²) < 4.78 is 10.8. The Labute approximate surface area is 168 Å². The monoisotopic (exact) mass is 391 g/mol. The summed E-state index contributed by atoms with van der Waals surface area (Å²) in [6.45, 7) is 7.34. The van der Waals surface area contributed by atoms with Crippen molar-refractivity contribution in [3.05, 3.63) is 65.7 Å². The van der Waals surface area contributed by atoms with E-state index in [4.69, 9.17) is 9.47 Å². The molecule has 2 aromatic rings. The van der Waals surface area contributed by atoms with Crippen molar-refractivity contribution in [1.82, 2.24) is 4.90 Å². The van der Waals surface area contributed by atoms with Crippen LogP contribution in [0.3, 0.4) is 0 Å². The molecule has 1 atom stereocenters. The van der Waals surface area contributed by atoms with E-state index in [2.05, 4.69) is 18.7 Å². The molecule has 0 fully saturated rings. The molecule has 1 unspecified atom stereocenters. The molecule has 0 heterocycles. The summed E-state index contributed by atoms with van der Waals surface area (Å²) in [5.41, 5.74) is 2.07. The van der Waals surface area contributed by atoms with Gasteiger partial charge in [-0.25, -0.2) is 0 Å². The van der Waals surface area contributed by atoms with Gasteiger partial charge < -0.3 is 14.4 Å². The van der Waals surface area contributed by atoms with Crippen molar-refractivity contribution in [2.75, 3.05) is 33.4 Å². The molecule has 0 N–H and O–H groups in total. The second kappa shape index (κ2) is 12.4. The molecule has 0 spiro atoms. The van der Waals surface area contributed by atoms with Crippen LogP contribution in [0.5, 0.6) is 5.75 Å². The van der Waals surface area contributed by atoms with Gasteiger partial charge in [0.2, 0.25) is 0 Å². The number of hydrogen-bond donors (Lipinski definition) is 0. The Morgan fingerprint density at radius 1 is 1.00 bits per heavy atom. The van der Waals surface area contributed by atoms with E-state index in [1.807, 2.05) is 54.6 Å². The molecule has 2 aromatic carbocycles. The largest absolute Gasteiger partial charge is 0.497 e. The summed E-state index contributed by atoms with van der Waals surface area (Å²) in [6.07, 6.45) is 0.609. The Bertz CT molecular complexity index is 657. The van der Waals surface area contributed by atoms with E-state index < -0.39 is 0 Å². The van der Waals surface area contributed by atoms with Crippen LogP contribution < -0.4 is 4.74 Å². The Hall–Kier alpha value is -2.04. The fraction of sp³-hybridized carbons (Fsp3) is 0.409. The summed E-state index contributed by atoms with van der Waals surface area (Å²) in [6, 6.07) is 17.7. The lowest BCUT2D eigenvalue weighted by atomic mass is 9.92. The number of benzene rings is 2. The van der Waals surface area contributed by atoms with Crippen molar-refractivity contribution in [2.45, 2.75) is 26.2 Å². The van der Waals surface area contributed by atoms with E-state index in [1.54, 1.807) is 7.11 Å². The highest BCUT2D eigenvalue weighted by atomic mass is 35.5. The first-order chi connectivity index (χ1) is 12.7. The summed E-state index contributed by atoms with van der Waals surface area (Å²) in [7, 11) is 1.65. The van der Waals surface area contributed by atoms with Crippen LogP contribution >= 0.6 is 12.4 Å². The third-order valence-electron chi connectivity index (χ3n) is 4.63. The molecule has 5 heteroatoms. The molecule has 0 aliphatic heterocycles. The quantitative estimate of drug-likeness (QED) is 0.565. The van der Waals surface area contributed by atoms with Gasteiger partial charge in [0.1, 0.15) is 12.4 Å². The van der Waals surface area contributed by atoms with Crippen molar-refractivity contribution in [3.8, 4) is 5.75 Å². The zero-order valence-electron chi connectivity index (χ0n) is 16.4. The Balaban J connectivity index is 0.00000364. The van der Waals surface area contributed by atoms with Crippen LogP contribution in [0.2, 0.25) is 0 Å². The average molecular weight is 392 g/mol. The molecule has 0 bridgehead atoms. The Morgan fingerprint density at radius 3 is 2.19 bits per heavy atom. The van der Waals surface area contributed by atoms with Crippen LogP contribution in [0.1, 0.15) is 30.9 Å². The average Bonchev–Trinajstić information content (AvgIpc) is 2.70. The van der Waals surface area contributed by atoms with Gasteiger partial charge in [-0.2, -0.15) is 0 Å². The maximum absolute atomic E-state index is 12.8. The van der Waals surface area contributed by atoms with E-state index in [9.17, 15) is 4.79 Å². The molecule has 0 amide bonds. The smallest absolute Gasteiger partial charge is 0.313 e. The highest BCUT2D eigenvalue weighted by molar-refractivity contribution is 5.85. The lowest BCUT2D eigenvalue weighted by Gasteiger charge is -2.20. The number of hydrogen-bond acceptors (Lipinski definition) is 4. The number of ether oxygens (including phenoxy) is 2. The molecular weight excluding hydrogens is 362 g/mol. The zero-order chi connectivity index (χ0) is 18.8. The van der Waals surface area contributed by atoms with Gasteiger partial charge in [-0.1, -0.05) is 56.3 Å². The third-order valence-corrected chi connectivity index (χ3v) is 4.63. The minimum Gasteiger partial charge on any atom is -0.497 e. The minimum atomic E-state index is -0.304. The van der Waals surface area contributed by atoms with Crippen LogP contribution in [0.15, 0.2) is 54.6 Å². The molecule has 0 radical (unpaired) electrons. The zero-order valence-corrected chi connectivity index (χ0v) is 17.2. The Kier molecular flexibility index (Phi) is 10.5. The molecule has 148 valence electrons. The van der Waals surface area contributed by atoms with E-state index in [1.165, 1.54) is 0 Å². The minimum absolute atomic E-state index is 0. The predicted molar refractivity (Wildman–Crippen MR) is 112 cm³/mol. The van der Waals surface area contributed by atoms with Gasteiger partial charge in [-0.3, -0.25) is 4.79 Å². The van der Waals surface area contributed by atoms with E-state index in [-0.39, 0.29) is 24.3 Å². The molecule has 4 nitrogen and oxygen atoms in total. The maximum atomic E-state index is 12.8. The third kappa shape index (κ3) is 7.24. The number of rotatable bonds is 10. The molecule has 0 aliphatic rings. The van der Waals surface area contributed by atoms with Gasteiger partial charge in [0, 0.05) is 6.54 Å². The van der Waals surface area contributed by atoms with Gasteiger partial charge >= 0.3 is 5.97 Å². The fourth-order valence-electron chi connectivity index (χ4n) is 2.94. The van der Waals surface area contributed by atoms with Crippen molar-refractivity contribution >= 4 is 18.4 Å². The molecular formula is C22H30ClNO3. The van der Waals surface area contributed by atoms with Crippen molar-refractivity contribution in [1.29, 1.82) is 0 Å². The van der Waals surface area contributed by atoms with Crippen molar-refractivity contribution in [2.24, 2.45) is 0 Å². The highest BCUT2D eigenvalue weighted by Gasteiger charge is 2.22. The van der Waals surface area contributed by atoms with Gasteiger partial charge in [0.25, 0.3) is 0 Å². The van der Waals surface area contributed by atoms with E-state index in [0.717, 1.165) is 36.5 Å². The van der Waals surface area contributed by atoms with Crippen LogP contribution in [0, 0.1) is 0 Å². The summed E-state index contributed by atoms with van der Waals surface area (Å²) in [5, 5.41) is 0. The first kappa shape index (κ1) is 23.0. The van der Waals surface area contributed by atoms with Crippen molar-refractivity contribution < 1.29 is 14.3 Å². The number of halogens is 1. The summed E-state index contributed by atoms with van der Waals surface area (Å²) in [4.78, 5) is 15.0. The van der Waals surface area contributed by atoms with Crippen molar-refractivity contribution in [3.63, 3.8) is 0 Å². The van der Waals surface area contributed by atoms with Crippen LogP contribution in [-0.4, -0.2) is 44.2 Å². The molecule has 2 rings (SSSR count). The van der Waals surface area contributed by atoms with Gasteiger partial charge in [0.05, 0.1) is 13.0 Å². The van der Waals surface area contributed by atoms with Crippen LogP contribution in [0.25, 0.3) is 0 Å². The molecule has 0 aromatic heterocycles. The number of methoxy groups -OCH3 is 1. The fourth-order valence-corrected chi connectivity index (χ4v) is 2.94. The second-order valence-electron chi connectivity index (χ2n) is 6.21. The van der Waals surface area contributed by atoms with Gasteiger partial charge in [-0.05, 0) is 42.8 Å². The number of carbonyl (C=O) groups is 1. The normalized spacial score (nSPS) is 11.6. The lowest BCUT2D eigenvalue weighted by molar-refractivity contribution is -0.145. The number of esters is 1. The molecule has 27 heavy (non-hydrogen) atoms. The molecule has 0 saturated carbocycles. The van der Waals surface area contributed by atoms with Crippen LogP contribution in [0.4, 0.5) is 0 Å². The highest BCUT2D eigenvalue weighted by Crippen LogP contribution is 2.24. The van der Waals surface area contributed by atoms with Crippen LogP contribution in [-0.2, 0) is 16.0 Å². The predicted octanol–water partition coefficient (Wildman–Crippen LogP) is 4.33. The second-order valence-corrected chi connectivity index (χ2v) is 6.21. The topological polar surface area (TPSA) is 38.8 Å². The number of carbonyl (C=O) groups excluding carboxylic acids is 1. The summed E-state index contributed by atoms with van der Waals surface area (Å²) >= 11 is 0. The first-order valence-electron chi connectivity index (χ1n) is 9.24. The molecule has 0 aliphatic carbocycles. The lowest BCUT2D eigenvalue weighted by Crippen LogP contribution is -2.29. The number of nitrogens with zero attached hydrogens (tertiary/aromatic N) is 1. The first-order valence-corrected chi connectivity index (χ1v) is 9.24. The maximum Gasteiger partial charge on any atom is 0.313 e. The SMILES string of the molecule is CCN(CC)CCOC(=O)C(Cc1ccc(OC)cc1)c1ccccc1.Cl. The Morgan fingerprint density at radius 2 is 1.63 bits per heavy atom. The van der Waals surface area contributed by atoms with Gasteiger partial charge in [0.15, 0.2) is 0 Å².